The molecular formula is C20H23N5O2. The monoisotopic (exact) mass is 365 g/mol. The topological polar surface area (TPSA) is 78.3 Å². The molecule has 2 N–H and O–H groups in total. The van der Waals surface area contributed by atoms with Crippen LogP contribution < -0.4 is 5.73 Å². The van der Waals surface area contributed by atoms with Gasteiger partial charge in [0, 0.05) is 29.9 Å². The number of piperidine rings is 1. The van der Waals surface area contributed by atoms with Crippen LogP contribution >= 0.6 is 0 Å². The van der Waals surface area contributed by atoms with E-state index in [2.05, 4.69) is 27.9 Å². The number of benzene rings is 1. The van der Waals surface area contributed by atoms with Crippen molar-refractivity contribution in [3.63, 3.8) is 0 Å². The summed E-state index contributed by atoms with van der Waals surface area (Å²) >= 11 is 0. The number of ether oxygens (including phenoxy) is 1. The average Bonchev–Trinajstić information content (AvgIpc) is 3.26. The van der Waals surface area contributed by atoms with Crippen molar-refractivity contribution in [2.45, 2.75) is 31.0 Å². The van der Waals surface area contributed by atoms with Gasteiger partial charge in [0.1, 0.15) is 0 Å². The molecule has 7 heteroatoms. The van der Waals surface area contributed by atoms with Crippen LogP contribution in [0.1, 0.15) is 29.2 Å². The molecule has 1 aromatic carbocycles. The Morgan fingerprint density at radius 1 is 1.15 bits per heavy atom. The molecule has 4 heterocycles. The lowest BCUT2D eigenvalue weighted by molar-refractivity contribution is -0.0736. The van der Waals surface area contributed by atoms with Gasteiger partial charge in [0.05, 0.1) is 42.2 Å². The van der Waals surface area contributed by atoms with Gasteiger partial charge in [-0.1, -0.05) is 18.2 Å². The van der Waals surface area contributed by atoms with E-state index in [0.29, 0.717) is 23.7 Å². The molecule has 0 radical (unpaired) electrons. The molecule has 1 amide bonds. The van der Waals surface area contributed by atoms with Crippen LogP contribution in [0, 0.1) is 0 Å². The Morgan fingerprint density at radius 3 is 2.63 bits per heavy atom. The standard InChI is InChI=1S/C20H23N5O2/c1-23-14-6-13(7-15(23)12-27-11-14)25-9-16(8-22-25)24-10-18(20(21)26)17-4-2-3-5-19(17)24/h2-5,8-10,13-15H,6-7,11-12H2,1H3,(H2,21,26). The fourth-order valence-electron chi connectivity index (χ4n) is 4.52. The van der Waals surface area contributed by atoms with E-state index in [4.69, 9.17) is 10.5 Å². The minimum Gasteiger partial charge on any atom is -0.378 e. The molecule has 0 aliphatic carbocycles. The summed E-state index contributed by atoms with van der Waals surface area (Å²) in [6.07, 6.45) is 7.82. The third-order valence-corrected chi connectivity index (χ3v) is 6.08. The maximum Gasteiger partial charge on any atom is 0.250 e. The van der Waals surface area contributed by atoms with Crippen molar-refractivity contribution in [1.82, 2.24) is 19.2 Å². The molecule has 27 heavy (non-hydrogen) atoms. The highest BCUT2D eigenvalue weighted by molar-refractivity contribution is 6.06. The zero-order valence-electron chi connectivity index (χ0n) is 15.3. The van der Waals surface area contributed by atoms with E-state index < -0.39 is 5.91 Å². The Kier molecular flexibility index (Phi) is 3.80. The van der Waals surface area contributed by atoms with Crippen LogP contribution in [0.25, 0.3) is 16.6 Å². The Morgan fingerprint density at radius 2 is 1.89 bits per heavy atom. The summed E-state index contributed by atoms with van der Waals surface area (Å²) in [5.74, 6) is -0.416. The van der Waals surface area contributed by atoms with Crippen molar-refractivity contribution in [3.05, 3.63) is 48.4 Å². The Balaban J connectivity index is 1.50. The Labute approximate surface area is 157 Å². The first-order valence-corrected chi connectivity index (χ1v) is 9.36. The van der Waals surface area contributed by atoms with Gasteiger partial charge in [-0.05, 0) is 26.0 Å². The van der Waals surface area contributed by atoms with Crippen LogP contribution in [-0.2, 0) is 4.74 Å². The summed E-state index contributed by atoms with van der Waals surface area (Å²) < 4.78 is 9.79. The van der Waals surface area contributed by atoms with Crippen molar-refractivity contribution in [3.8, 4) is 5.69 Å². The first kappa shape index (κ1) is 16.5. The molecule has 7 nitrogen and oxygen atoms in total. The lowest BCUT2D eigenvalue weighted by Gasteiger charge is -2.46. The molecule has 2 fully saturated rings. The quantitative estimate of drug-likeness (QED) is 0.770. The van der Waals surface area contributed by atoms with Crippen molar-refractivity contribution < 1.29 is 9.53 Å². The van der Waals surface area contributed by atoms with E-state index in [9.17, 15) is 4.79 Å². The number of rotatable bonds is 3. The highest BCUT2D eigenvalue weighted by Gasteiger charge is 2.37. The summed E-state index contributed by atoms with van der Waals surface area (Å²) in [6, 6.07) is 9.07. The normalized spacial score (nSPS) is 25.7. The third kappa shape index (κ3) is 2.65. The van der Waals surface area contributed by atoms with Crippen LogP contribution in [0.5, 0.6) is 0 Å². The number of carbonyl (C=O) groups is 1. The summed E-state index contributed by atoms with van der Waals surface area (Å²) in [6.45, 7) is 1.59. The lowest BCUT2D eigenvalue weighted by Crippen LogP contribution is -2.55. The molecule has 5 rings (SSSR count). The number of nitrogens with two attached hydrogens (primary N) is 1. The van der Waals surface area contributed by atoms with Gasteiger partial charge in [0.2, 0.25) is 0 Å². The Hall–Kier alpha value is -2.64. The molecule has 2 aliphatic heterocycles. The van der Waals surface area contributed by atoms with Gasteiger partial charge in [-0.2, -0.15) is 5.10 Å². The average molecular weight is 365 g/mol. The number of fused-ring (bicyclic) bond motifs is 3. The number of primary amides is 1. The van der Waals surface area contributed by atoms with Crippen molar-refractivity contribution in [2.24, 2.45) is 5.73 Å². The minimum atomic E-state index is -0.416. The van der Waals surface area contributed by atoms with Gasteiger partial charge in [-0.15, -0.1) is 0 Å². The summed E-state index contributed by atoms with van der Waals surface area (Å²) in [4.78, 5) is 14.3. The number of amides is 1. The second-order valence-electron chi connectivity index (χ2n) is 7.61. The van der Waals surface area contributed by atoms with Gasteiger partial charge in [-0.3, -0.25) is 14.4 Å². The summed E-state index contributed by atoms with van der Waals surface area (Å²) in [7, 11) is 2.19. The fourth-order valence-corrected chi connectivity index (χ4v) is 4.52. The zero-order chi connectivity index (χ0) is 18.5. The smallest absolute Gasteiger partial charge is 0.250 e. The lowest BCUT2D eigenvalue weighted by atomic mass is 9.91. The number of morpholine rings is 1. The maximum absolute atomic E-state index is 11.8. The molecule has 140 valence electrons. The van der Waals surface area contributed by atoms with Crippen molar-refractivity contribution >= 4 is 16.8 Å². The molecule has 0 spiro atoms. The predicted octanol–water partition coefficient (Wildman–Crippen LogP) is 1.96. The van der Waals surface area contributed by atoms with E-state index in [1.54, 1.807) is 0 Å². The number of nitrogens with zero attached hydrogens (tertiary/aromatic N) is 4. The van der Waals surface area contributed by atoms with Crippen LogP contribution in [-0.4, -0.2) is 57.5 Å². The Bertz CT molecular complexity index is 993. The van der Waals surface area contributed by atoms with E-state index in [1.165, 1.54) is 0 Å². The highest BCUT2D eigenvalue weighted by Crippen LogP contribution is 2.33. The molecule has 2 saturated heterocycles. The van der Waals surface area contributed by atoms with Gasteiger partial charge >= 0.3 is 0 Å². The number of para-hydroxylation sites is 1. The molecule has 2 aromatic heterocycles. The maximum atomic E-state index is 11.8. The largest absolute Gasteiger partial charge is 0.378 e. The van der Waals surface area contributed by atoms with Gasteiger partial charge in [0.15, 0.2) is 0 Å². The molecule has 2 unspecified atom stereocenters. The predicted molar refractivity (Wildman–Crippen MR) is 102 cm³/mol. The van der Waals surface area contributed by atoms with E-state index >= 15 is 0 Å². The van der Waals surface area contributed by atoms with E-state index in [-0.39, 0.29) is 0 Å². The molecular weight excluding hydrogens is 342 g/mol. The van der Waals surface area contributed by atoms with Crippen molar-refractivity contribution in [1.29, 1.82) is 0 Å². The number of likely N-dealkylation sites (N-methyl/N-ethyl adjacent to an activating group) is 1. The first-order chi connectivity index (χ1) is 13.1. The van der Waals surface area contributed by atoms with Crippen molar-refractivity contribution in [2.75, 3.05) is 20.3 Å². The molecule has 2 atom stereocenters. The molecule has 3 aromatic rings. The van der Waals surface area contributed by atoms with Gasteiger partial charge in [-0.25, -0.2) is 0 Å². The molecule has 2 aliphatic rings. The highest BCUT2D eigenvalue weighted by atomic mass is 16.5. The fraction of sp³-hybridized carbons (Fsp3) is 0.400. The van der Waals surface area contributed by atoms with Gasteiger partial charge < -0.3 is 15.0 Å². The third-order valence-electron chi connectivity index (χ3n) is 6.08. The number of hydrogen-bond acceptors (Lipinski definition) is 4. The number of aromatic nitrogens is 3. The summed E-state index contributed by atoms with van der Waals surface area (Å²) in [5.41, 5.74) is 8.00. The number of hydrogen-bond donors (Lipinski definition) is 1. The number of carbonyl (C=O) groups excluding carboxylic acids is 1. The second kappa shape index (κ2) is 6.21. The van der Waals surface area contributed by atoms with Crippen LogP contribution in [0.4, 0.5) is 0 Å². The van der Waals surface area contributed by atoms with Crippen LogP contribution in [0.15, 0.2) is 42.9 Å². The van der Waals surface area contributed by atoms with E-state index in [0.717, 1.165) is 42.6 Å². The van der Waals surface area contributed by atoms with Crippen LogP contribution in [0.3, 0.4) is 0 Å². The van der Waals surface area contributed by atoms with E-state index in [1.807, 2.05) is 41.2 Å². The second-order valence-corrected chi connectivity index (χ2v) is 7.61. The SMILES string of the molecule is CN1C2COCC1CC(n1cc(-n3cc(C(N)=O)c4ccccc43)cn1)C2. The minimum absolute atomic E-state index is 0.367. The zero-order valence-corrected chi connectivity index (χ0v) is 15.3. The summed E-state index contributed by atoms with van der Waals surface area (Å²) in [5, 5.41) is 5.51. The first-order valence-electron chi connectivity index (χ1n) is 9.36. The molecule has 0 saturated carbocycles. The van der Waals surface area contributed by atoms with Gasteiger partial charge in [0.25, 0.3) is 5.91 Å². The molecule has 2 bridgehead atoms. The van der Waals surface area contributed by atoms with Crippen LogP contribution in [0.2, 0.25) is 0 Å².